The van der Waals surface area contributed by atoms with E-state index >= 15 is 0 Å². The van der Waals surface area contributed by atoms with E-state index < -0.39 is 0 Å². The van der Waals surface area contributed by atoms with Crippen molar-refractivity contribution in [2.75, 3.05) is 0 Å². The molecule has 3 aromatic heterocycles. The highest BCUT2D eigenvalue weighted by atomic mass is 32.1. The number of aromatic nitrogens is 3. The number of rotatable bonds is 2. The molecule has 0 bridgehead atoms. The smallest absolute Gasteiger partial charge is 0.271 e. The Labute approximate surface area is 143 Å². The Hall–Kier alpha value is -2.53. The summed E-state index contributed by atoms with van der Waals surface area (Å²) in [5.41, 5.74) is 3.98. The van der Waals surface area contributed by atoms with Gasteiger partial charge in [0.05, 0.1) is 12.1 Å². The molecule has 0 aliphatic heterocycles. The Bertz CT molecular complexity index is 1130. The van der Waals surface area contributed by atoms with Crippen LogP contribution >= 0.6 is 11.3 Å². The van der Waals surface area contributed by atoms with Crippen molar-refractivity contribution in [3.8, 4) is 0 Å². The number of thiophene rings is 1. The minimum atomic E-state index is 0.0152. The van der Waals surface area contributed by atoms with Gasteiger partial charge in [-0.15, -0.1) is 11.3 Å². The third-order valence-corrected chi connectivity index (χ3v) is 5.31. The highest BCUT2D eigenvalue weighted by Crippen LogP contribution is 2.32. The second-order valence-electron chi connectivity index (χ2n) is 6.08. The van der Waals surface area contributed by atoms with E-state index in [-0.39, 0.29) is 5.56 Å². The van der Waals surface area contributed by atoms with E-state index in [1.54, 1.807) is 4.57 Å². The normalized spacial score (nSPS) is 11.5. The van der Waals surface area contributed by atoms with Crippen LogP contribution in [0.15, 0.2) is 41.2 Å². The quantitative estimate of drug-likeness (QED) is 0.557. The lowest BCUT2D eigenvalue weighted by atomic mass is 10.1. The van der Waals surface area contributed by atoms with Crippen LogP contribution in [0.1, 0.15) is 22.6 Å². The van der Waals surface area contributed by atoms with Gasteiger partial charge in [0.25, 0.3) is 5.56 Å². The number of fused-ring (bicyclic) bond motifs is 3. The minimum Gasteiger partial charge on any atom is -0.291 e. The van der Waals surface area contributed by atoms with E-state index in [4.69, 9.17) is 4.98 Å². The van der Waals surface area contributed by atoms with Crippen LogP contribution < -0.4 is 5.56 Å². The van der Waals surface area contributed by atoms with Crippen molar-refractivity contribution in [1.82, 2.24) is 14.5 Å². The molecular weight excluding hydrogens is 318 g/mol. The summed E-state index contributed by atoms with van der Waals surface area (Å²) in [7, 11) is 0. The maximum absolute atomic E-state index is 13.0. The standard InChI is InChI=1S/C19H17N3OS/c1-11-9-12(2)20-18-15(11)16-17(24-18)19(23)22(13(3)21-16)10-14-7-5-4-6-8-14/h4-9H,10H2,1-3H3. The average molecular weight is 335 g/mol. The van der Waals surface area contributed by atoms with Gasteiger partial charge < -0.3 is 0 Å². The lowest BCUT2D eigenvalue weighted by molar-refractivity contribution is 0.714. The van der Waals surface area contributed by atoms with Crippen molar-refractivity contribution < 1.29 is 0 Å². The minimum absolute atomic E-state index is 0.0152. The first kappa shape index (κ1) is 15.0. The predicted octanol–water partition coefficient (Wildman–Crippen LogP) is 3.98. The molecule has 4 nitrogen and oxygen atoms in total. The zero-order valence-corrected chi connectivity index (χ0v) is 14.6. The number of pyridine rings is 1. The molecule has 120 valence electrons. The van der Waals surface area contributed by atoms with E-state index in [0.29, 0.717) is 11.2 Å². The number of hydrogen-bond acceptors (Lipinski definition) is 4. The summed E-state index contributed by atoms with van der Waals surface area (Å²) in [5, 5.41) is 1.01. The molecule has 0 unspecified atom stereocenters. The third-order valence-electron chi connectivity index (χ3n) is 4.25. The van der Waals surface area contributed by atoms with Crippen LogP contribution in [0.5, 0.6) is 0 Å². The van der Waals surface area contributed by atoms with Crippen molar-refractivity contribution >= 4 is 31.8 Å². The summed E-state index contributed by atoms with van der Waals surface area (Å²) in [5.74, 6) is 0.732. The van der Waals surface area contributed by atoms with Gasteiger partial charge in [0, 0.05) is 11.1 Å². The van der Waals surface area contributed by atoms with E-state index in [9.17, 15) is 4.79 Å². The summed E-state index contributed by atoms with van der Waals surface area (Å²) in [6.07, 6.45) is 0. The molecule has 3 heterocycles. The fourth-order valence-corrected chi connectivity index (χ4v) is 4.30. The summed E-state index contributed by atoms with van der Waals surface area (Å²) in [6.45, 7) is 6.46. The Morgan fingerprint density at radius 2 is 1.83 bits per heavy atom. The van der Waals surface area contributed by atoms with Crippen LogP contribution in [0.2, 0.25) is 0 Å². The lowest BCUT2D eigenvalue weighted by Crippen LogP contribution is -2.23. The van der Waals surface area contributed by atoms with Crippen LogP contribution in [0, 0.1) is 20.8 Å². The molecule has 1 aromatic carbocycles. The van der Waals surface area contributed by atoms with Crippen molar-refractivity contribution in [2.45, 2.75) is 27.3 Å². The van der Waals surface area contributed by atoms with Gasteiger partial charge in [-0.1, -0.05) is 30.3 Å². The zero-order chi connectivity index (χ0) is 16.8. The van der Waals surface area contributed by atoms with Crippen LogP contribution in [-0.2, 0) is 6.54 Å². The Morgan fingerprint density at radius 1 is 1.08 bits per heavy atom. The predicted molar refractivity (Wildman–Crippen MR) is 98.9 cm³/mol. The van der Waals surface area contributed by atoms with Crippen molar-refractivity contribution in [1.29, 1.82) is 0 Å². The van der Waals surface area contributed by atoms with Gasteiger partial charge in [0.15, 0.2) is 0 Å². The maximum Gasteiger partial charge on any atom is 0.271 e. The zero-order valence-electron chi connectivity index (χ0n) is 13.8. The Morgan fingerprint density at radius 3 is 2.58 bits per heavy atom. The fourth-order valence-electron chi connectivity index (χ4n) is 3.12. The van der Waals surface area contributed by atoms with E-state index in [0.717, 1.165) is 38.4 Å². The molecule has 0 amide bonds. The van der Waals surface area contributed by atoms with Crippen LogP contribution in [0.3, 0.4) is 0 Å². The molecule has 0 radical (unpaired) electrons. The number of hydrogen-bond donors (Lipinski definition) is 0. The van der Waals surface area contributed by atoms with E-state index in [1.807, 2.05) is 50.2 Å². The molecule has 0 atom stereocenters. The molecule has 5 heteroatoms. The summed E-state index contributed by atoms with van der Waals surface area (Å²) in [6, 6.07) is 12.0. The number of benzene rings is 1. The molecule has 0 N–H and O–H groups in total. The van der Waals surface area contributed by atoms with E-state index in [1.165, 1.54) is 11.3 Å². The molecule has 0 spiro atoms. The monoisotopic (exact) mass is 335 g/mol. The molecule has 0 aliphatic rings. The first-order valence-corrected chi connectivity index (χ1v) is 8.68. The Kier molecular flexibility index (Phi) is 3.46. The van der Waals surface area contributed by atoms with Crippen LogP contribution in [-0.4, -0.2) is 14.5 Å². The largest absolute Gasteiger partial charge is 0.291 e. The SMILES string of the molecule is Cc1cc(C)c2c(n1)sc1c(=O)n(Cc3ccccc3)c(C)nc12. The summed E-state index contributed by atoms with van der Waals surface area (Å²) in [4.78, 5) is 23.3. The second kappa shape index (κ2) is 5.53. The van der Waals surface area contributed by atoms with Gasteiger partial charge in [0.2, 0.25) is 0 Å². The van der Waals surface area contributed by atoms with Gasteiger partial charge in [-0.2, -0.15) is 0 Å². The van der Waals surface area contributed by atoms with Gasteiger partial charge >= 0.3 is 0 Å². The number of nitrogens with zero attached hydrogens (tertiary/aromatic N) is 3. The van der Waals surface area contributed by atoms with Gasteiger partial charge in [0.1, 0.15) is 15.4 Å². The number of aryl methyl sites for hydroxylation is 3. The molecule has 24 heavy (non-hydrogen) atoms. The topological polar surface area (TPSA) is 47.8 Å². The van der Waals surface area contributed by atoms with E-state index in [2.05, 4.69) is 11.9 Å². The molecular formula is C19H17N3OS. The van der Waals surface area contributed by atoms with Gasteiger partial charge in [-0.3, -0.25) is 9.36 Å². The van der Waals surface area contributed by atoms with Crippen molar-refractivity contribution in [2.24, 2.45) is 0 Å². The first-order valence-electron chi connectivity index (χ1n) is 7.86. The highest BCUT2D eigenvalue weighted by Gasteiger charge is 2.16. The summed E-state index contributed by atoms with van der Waals surface area (Å²) < 4.78 is 2.43. The summed E-state index contributed by atoms with van der Waals surface area (Å²) >= 11 is 1.44. The van der Waals surface area contributed by atoms with Crippen LogP contribution in [0.4, 0.5) is 0 Å². The van der Waals surface area contributed by atoms with Crippen molar-refractivity contribution in [3.63, 3.8) is 0 Å². The molecule has 0 aliphatic carbocycles. The van der Waals surface area contributed by atoms with Crippen LogP contribution in [0.25, 0.3) is 20.4 Å². The second-order valence-corrected chi connectivity index (χ2v) is 7.08. The fraction of sp³-hybridized carbons (Fsp3) is 0.211. The van der Waals surface area contributed by atoms with Crippen molar-refractivity contribution in [3.05, 3.63) is 69.4 Å². The average Bonchev–Trinajstić information content (AvgIpc) is 2.91. The van der Waals surface area contributed by atoms with Gasteiger partial charge in [-0.25, -0.2) is 9.97 Å². The maximum atomic E-state index is 13.0. The molecule has 0 saturated heterocycles. The third kappa shape index (κ3) is 2.32. The highest BCUT2D eigenvalue weighted by molar-refractivity contribution is 7.25. The first-order chi connectivity index (χ1) is 11.5. The molecule has 4 rings (SSSR count). The lowest BCUT2D eigenvalue weighted by Gasteiger charge is -2.09. The van der Waals surface area contributed by atoms with Gasteiger partial charge in [-0.05, 0) is 38.0 Å². The molecule has 4 aromatic rings. The Balaban J connectivity index is 1.99. The molecule has 0 saturated carbocycles. The molecule has 0 fully saturated rings.